The van der Waals surface area contributed by atoms with Gasteiger partial charge in [-0.1, -0.05) is 35.9 Å². The Labute approximate surface area is 124 Å². The third kappa shape index (κ3) is 4.19. The summed E-state index contributed by atoms with van der Waals surface area (Å²) in [5, 5.41) is 3.13. The molecule has 0 spiro atoms. The fraction of sp³-hybridized carbons (Fsp3) is 0.200. The van der Waals surface area contributed by atoms with E-state index in [0.717, 1.165) is 6.07 Å². The smallest absolute Gasteiger partial charge is 0.309 e. The number of halogens is 5. The monoisotopic (exact) mass is 317 g/mol. The second-order valence-electron chi connectivity index (χ2n) is 4.49. The Bertz CT molecular complexity index is 625. The molecule has 0 aliphatic carbocycles. The van der Waals surface area contributed by atoms with Crippen molar-refractivity contribution in [3.05, 3.63) is 70.0 Å². The van der Waals surface area contributed by atoms with Crippen molar-refractivity contribution in [1.29, 1.82) is 0 Å². The van der Waals surface area contributed by atoms with Gasteiger partial charge in [0.25, 0.3) is 0 Å². The lowest BCUT2D eigenvalue weighted by molar-refractivity contribution is -0.138. The molecule has 1 nitrogen and oxygen atoms in total. The second kappa shape index (κ2) is 6.45. The molecule has 0 radical (unpaired) electrons. The third-order valence-electron chi connectivity index (χ3n) is 2.97. The minimum Gasteiger partial charge on any atom is -0.309 e. The molecule has 1 N–H and O–H groups in total. The molecule has 112 valence electrons. The van der Waals surface area contributed by atoms with Gasteiger partial charge in [0, 0.05) is 18.1 Å². The first-order valence-electron chi connectivity index (χ1n) is 6.17. The molecule has 0 aromatic heterocycles. The zero-order valence-electron chi connectivity index (χ0n) is 10.8. The van der Waals surface area contributed by atoms with Crippen LogP contribution in [0.5, 0.6) is 0 Å². The van der Waals surface area contributed by atoms with E-state index in [4.69, 9.17) is 11.6 Å². The number of nitrogens with one attached hydrogen (secondary N) is 1. The second-order valence-corrected chi connectivity index (χ2v) is 4.90. The Morgan fingerprint density at radius 1 is 0.952 bits per heavy atom. The van der Waals surface area contributed by atoms with E-state index in [9.17, 15) is 17.6 Å². The number of rotatable bonds is 4. The van der Waals surface area contributed by atoms with Crippen molar-refractivity contribution in [2.75, 3.05) is 0 Å². The van der Waals surface area contributed by atoms with E-state index < -0.39 is 17.6 Å². The lowest BCUT2D eigenvalue weighted by Gasteiger charge is -2.13. The van der Waals surface area contributed by atoms with E-state index in [0.29, 0.717) is 5.56 Å². The molecule has 2 aromatic carbocycles. The van der Waals surface area contributed by atoms with E-state index in [1.165, 1.54) is 30.3 Å². The average Bonchev–Trinajstić information content (AvgIpc) is 2.41. The molecule has 0 fully saturated rings. The SMILES string of the molecule is Fc1ccc(CNCc2ccccc2C(F)(F)F)c(Cl)c1. The fourth-order valence-corrected chi connectivity index (χ4v) is 2.18. The predicted molar refractivity (Wildman–Crippen MR) is 73.4 cm³/mol. The largest absolute Gasteiger partial charge is 0.416 e. The molecule has 0 saturated heterocycles. The van der Waals surface area contributed by atoms with Crippen molar-refractivity contribution >= 4 is 11.6 Å². The summed E-state index contributed by atoms with van der Waals surface area (Å²) in [6.07, 6.45) is -4.38. The zero-order valence-corrected chi connectivity index (χ0v) is 11.6. The van der Waals surface area contributed by atoms with Crippen LogP contribution in [0.2, 0.25) is 5.02 Å². The summed E-state index contributed by atoms with van der Waals surface area (Å²) in [7, 11) is 0. The summed E-state index contributed by atoms with van der Waals surface area (Å²) >= 11 is 5.86. The highest BCUT2D eigenvalue weighted by atomic mass is 35.5. The summed E-state index contributed by atoms with van der Waals surface area (Å²) in [5.74, 6) is -0.453. The number of hydrogen-bond donors (Lipinski definition) is 1. The minimum atomic E-state index is -4.38. The van der Waals surface area contributed by atoms with Crippen LogP contribution >= 0.6 is 11.6 Å². The molecule has 21 heavy (non-hydrogen) atoms. The Balaban J connectivity index is 2.04. The van der Waals surface area contributed by atoms with Crippen LogP contribution in [0.25, 0.3) is 0 Å². The Morgan fingerprint density at radius 3 is 2.29 bits per heavy atom. The first kappa shape index (κ1) is 15.8. The van der Waals surface area contributed by atoms with Crippen molar-refractivity contribution in [1.82, 2.24) is 5.32 Å². The van der Waals surface area contributed by atoms with Crippen LogP contribution in [-0.2, 0) is 19.3 Å². The maximum atomic E-state index is 12.9. The predicted octanol–water partition coefficient (Wildman–Crippen LogP) is 4.79. The maximum absolute atomic E-state index is 12.9. The number of benzene rings is 2. The molecule has 0 atom stereocenters. The van der Waals surface area contributed by atoms with Gasteiger partial charge in [0.2, 0.25) is 0 Å². The summed E-state index contributed by atoms with van der Waals surface area (Å²) in [4.78, 5) is 0. The van der Waals surface area contributed by atoms with Crippen molar-refractivity contribution in [2.24, 2.45) is 0 Å². The first-order chi connectivity index (χ1) is 9.88. The average molecular weight is 318 g/mol. The molecule has 6 heteroatoms. The molecule has 0 aliphatic heterocycles. The molecule has 0 saturated carbocycles. The summed E-state index contributed by atoms with van der Waals surface area (Å²) < 4.78 is 51.3. The van der Waals surface area contributed by atoms with Gasteiger partial charge >= 0.3 is 6.18 Å². The van der Waals surface area contributed by atoms with Gasteiger partial charge in [0.15, 0.2) is 0 Å². The van der Waals surface area contributed by atoms with Crippen molar-refractivity contribution in [2.45, 2.75) is 19.3 Å². The first-order valence-corrected chi connectivity index (χ1v) is 6.55. The lowest BCUT2D eigenvalue weighted by Crippen LogP contribution is -2.17. The van der Waals surface area contributed by atoms with Crippen LogP contribution in [-0.4, -0.2) is 0 Å². The molecular formula is C15H12ClF4N. The molecule has 0 amide bonds. The highest BCUT2D eigenvalue weighted by molar-refractivity contribution is 6.31. The number of hydrogen-bond acceptors (Lipinski definition) is 1. The molecular weight excluding hydrogens is 306 g/mol. The standard InChI is InChI=1S/C15H12ClF4N/c16-14-7-12(17)6-5-11(14)9-21-8-10-3-1-2-4-13(10)15(18,19)20/h1-7,21H,8-9H2. The highest BCUT2D eigenvalue weighted by Crippen LogP contribution is 2.31. The van der Waals surface area contributed by atoms with Crippen LogP contribution in [0.3, 0.4) is 0 Å². The quantitative estimate of drug-likeness (QED) is 0.800. The number of alkyl halides is 3. The van der Waals surface area contributed by atoms with Crippen LogP contribution in [0.4, 0.5) is 17.6 Å². The third-order valence-corrected chi connectivity index (χ3v) is 3.32. The van der Waals surface area contributed by atoms with Gasteiger partial charge in [0.05, 0.1) is 5.56 Å². The van der Waals surface area contributed by atoms with Gasteiger partial charge in [-0.05, 0) is 29.3 Å². The van der Waals surface area contributed by atoms with Gasteiger partial charge in [-0.15, -0.1) is 0 Å². The van der Waals surface area contributed by atoms with Gasteiger partial charge < -0.3 is 5.32 Å². The highest BCUT2D eigenvalue weighted by Gasteiger charge is 2.32. The van der Waals surface area contributed by atoms with Crippen LogP contribution in [0.15, 0.2) is 42.5 Å². The van der Waals surface area contributed by atoms with E-state index in [2.05, 4.69) is 5.32 Å². The molecule has 0 heterocycles. The molecule has 0 unspecified atom stereocenters. The minimum absolute atomic E-state index is 0.0450. The molecule has 2 rings (SSSR count). The Hall–Kier alpha value is -1.59. The lowest BCUT2D eigenvalue weighted by atomic mass is 10.1. The van der Waals surface area contributed by atoms with E-state index in [-0.39, 0.29) is 23.7 Å². The van der Waals surface area contributed by atoms with Crippen molar-refractivity contribution in [3.63, 3.8) is 0 Å². The topological polar surface area (TPSA) is 12.0 Å². The van der Waals surface area contributed by atoms with E-state index in [1.807, 2.05) is 0 Å². The van der Waals surface area contributed by atoms with Crippen molar-refractivity contribution < 1.29 is 17.6 Å². The molecule has 2 aromatic rings. The van der Waals surface area contributed by atoms with Crippen LogP contribution in [0.1, 0.15) is 16.7 Å². The van der Waals surface area contributed by atoms with E-state index in [1.54, 1.807) is 6.07 Å². The van der Waals surface area contributed by atoms with Crippen LogP contribution < -0.4 is 5.32 Å². The molecule has 0 aliphatic rings. The Morgan fingerprint density at radius 2 is 1.62 bits per heavy atom. The normalized spacial score (nSPS) is 11.7. The van der Waals surface area contributed by atoms with Gasteiger partial charge in [-0.3, -0.25) is 0 Å². The summed E-state index contributed by atoms with van der Waals surface area (Å²) in [5.41, 5.74) is 0.119. The zero-order chi connectivity index (χ0) is 15.5. The van der Waals surface area contributed by atoms with Gasteiger partial charge in [-0.2, -0.15) is 13.2 Å². The fourth-order valence-electron chi connectivity index (χ4n) is 1.95. The van der Waals surface area contributed by atoms with E-state index >= 15 is 0 Å². The maximum Gasteiger partial charge on any atom is 0.416 e. The van der Waals surface area contributed by atoms with Crippen LogP contribution in [0, 0.1) is 5.82 Å². The molecule has 0 bridgehead atoms. The van der Waals surface area contributed by atoms with Gasteiger partial charge in [-0.25, -0.2) is 4.39 Å². The van der Waals surface area contributed by atoms with Crippen molar-refractivity contribution in [3.8, 4) is 0 Å². The summed E-state index contributed by atoms with van der Waals surface area (Å²) in [6.45, 7) is 0.300. The Kier molecular flexibility index (Phi) is 4.85. The summed E-state index contributed by atoms with van der Waals surface area (Å²) in [6, 6.07) is 9.29. The van der Waals surface area contributed by atoms with Gasteiger partial charge in [0.1, 0.15) is 5.82 Å².